The van der Waals surface area contributed by atoms with Crippen molar-refractivity contribution < 1.29 is 23.2 Å². The Labute approximate surface area is 148 Å². The monoisotopic (exact) mass is 353 g/mol. The van der Waals surface area contributed by atoms with Crippen LogP contribution in [-0.2, 0) is 9.53 Å². The summed E-state index contributed by atoms with van der Waals surface area (Å²) in [5.74, 6) is -0.0499. The topological polar surface area (TPSA) is 98.7 Å². The van der Waals surface area contributed by atoms with Crippen LogP contribution in [0.25, 0.3) is 22.9 Å². The number of benzene rings is 1. The van der Waals surface area contributed by atoms with Crippen LogP contribution in [0.2, 0.25) is 0 Å². The highest BCUT2D eigenvalue weighted by molar-refractivity contribution is 5.99. The van der Waals surface area contributed by atoms with E-state index in [-0.39, 0.29) is 28.9 Å². The quantitative estimate of drug-likeness (QED) is 0.665. The number of anilines is 1. The van der Waals surface area contributed by atoms with E-state index < -0.39 is 5.97 Å². The van der Waals surface area contributed by atoms with Crippen molar-refractivity contribution in [2.24, 2.45) is 0 Å². The van der Waals surface area contributed by atoms with Crippen molar-refractivity contribution in [2.75, 3.05) is 18.6 Å². The van der Waals surface area contributed by atoms with Crippen LogP contribution in [0.15, 0.2) is 45.6 Å². The molecule has 8 nitrogen and oxygen atoms in total. The molecule has 1 aromatic carbocycles. The van der Waals surface area contributed by atoms with Gasteiger partial charge in [-0.1, -0.05) is 18.2 Å². The van der Waals surface area contributed by atoms with Crippen molar-refractivity contribution in [3.63, 3.8) is 0 Å². The molecule has 1 aliphatic heterocycles. The smallest absolute Gasteiger partial charge is 0.360 e. The van der Waals surface area contributed by atoms with E-state index in [0.717, 1.165) is 18.4 Å². The molecule has 1 amide bonds. The van der Waals surface area contributed by atoms with Crippen LogP contribution in [0.1, 0.15) is 23.3 Å². The molecule has 0 bridgehead atoms. The highest BCUT2D eigenvalue weighted by Gasteiger charge is 2.33. The summed E-state index contributed by atoms with van der Waals surface area (Å²) in [6.45, 7) is 0.511. The van der Waals surface area contributed by atoms with Gasteiger partial charge >= 0.3 is 5.97 Å². The molecule has 8 heteroatoms. The van der Waals surface area contributed by atoms with Gasteiger partial charge in [-0.25, -0.2) is 14.8 Å². The Bertz CT molecular complexity index is 960. The molecule has 0 saturated carbocycles. The maximum absolute atomic E-state index is 12.2. The molecule has 1 fully saturated rings. The number of oxazole rings is 2. The summed E-state index contributed by atoms with van der Waals surface area (Å²) in [7, 11) is 1.25. The minimum atomic E-state index is -0.656. The zero-order valence-electron chi connectivity index (χ0n) is 14.0. The molecule has 0 N–H and O–H groups in total. The van der Waals surface area contributed by atoms with Gasteiger partial charge in [0.2, 0.25) is 17.7 Å². The molecular formula is C18H15N3O5. The summed E-state index contributed by atoms with van der Waals surface area (Å²) in [4.78, 5) is 34.1. The molecule has 1 saturated heterocycles. The van der Waals surface area contributed by atoms with Gasteiger partial charge in [-0.15, -0.1) is 0 Å². The fourth-order valence-corrected chi connectivity index (χ4v) is 2.87. The molecule has 3 heterocycles. The summed E-state index contributed by atoms with van der Waals surface area (Å²) in [6.07, 6.45) is 2.29. The van der Waals surface area contributed by atoms with E-state index in [2.05, 4.69) is 9.97 Å². The van der Waals surface area contributed by atoms with E-state index in [1.54, 1.807) is 0 Å². The minimum Gasteiger partial charge on any atom is -0.464 e. The molecule has 0 aliphatic carbocycles. The van der Waals surface area contributed by atoms with Crippen molar-refractivity contribution in [1.82, 2.24) is 9.97 Å². The number of amides is 1. The average molecular weight is 353 g/mol. The van der Waals surface area contributed by atoms with Gasteiger partial charge in [0.15, 0.2) is 23.5 Å². The van der Waals surface area contributed by atoms with Gasteiger partial charge in [0.25, 0.3) is 0 Å². The molecule has 26 heavy (non-hydrogen) atoms. The van der Waals surface area contributed by atoms with Gasteiger partial charge in [0, 0.05) is 18.5 Å². The van der Waals surface area contributed by atoms with Crippen LogP contribution in [0.3, 0.4) is 0 Å². The van der Waals surface area contributed by atoms with E-state index in [9.17, 15) is 9.59 Å². The molecule has 1 aliphatic rings. The molecule has 2 aromatic heterocycles. The number of carbonyl (C=O) groups is 2. The molecule has 0 spiro atoms. The van der Waals surface area contributed by atoms with Crippen molar-refractivity contribution in [1.29, 1.82) is 0 Å². The number of methoxy groups -OCH3 is 1. The lowest BCUT2D eigenvalue weighted by Crippen LogP contribution is -2.23. The molecule has 3 aromatic rings. The Morgan fingerprint density at radius 2 is 2.08 bits per heavy atom. The normalized spacial score (nSPS) is 14.0. The van der Waals surface area contributed by atoms with E-state index in [1.165, 1.54) is 12.0 Å². The van der Waals surface area contributed by atoms with E-state index in [4.69, 9.17) is 13.6 Å². The van der Waals surface area contributed by atoms with E-state index in [1.807, 2.05) is 30.3 Å². The number of esters is 1. The first kappa shape index (κ1) is 16.1. The van der Waals surface area contributed by atoms with Gasteiger partial charge < -0.3 is 13.6 Å². The standard InChI is InChI=1S/C18H15N3O5/c1-24-18(23)14-15(25-10-19-14)13-17(21-9-5-8-12(21)22)26-16(20-13)11-6-3-2-4-7-11/h2-4,6-7,10H,5,8-9H2,1H3. The summed E-state index contributed by atoms with van der Waals surface area (Å²) in [5.41, 5.74) is 0.969. The van der Waals surface area contributed by atoms with E-state index in [0.29, 0.717) is 18.9 Å². The first-order valence-electron chi connectivity index (χ1n) is 8.08. The highest BCUT2D eigenvalue weighted by Crippen LogP contribution is 2.38. The molecule has 132 valence electrons. The second kappa shape index (κ2) is 6.47. The minimum absolute atomic E-state index is 0.0201. The lowest BCUT2D eigenvalue weighted by Gasteiger charge is -2.12. The third-order valence-corrected chi connectivity index (χ3v) is 4.11. The lowest BCUT2D eigenvalue weighted by molar-refractivity contribution is -0.117. The SMILES string of the molecule is COC(=O)c1ncoc1-c1nc(-c2ccccc2)oc1N1CCCC1=O. The number of rotatable bonds is 4. The van der Waals surface area contributed by atoms with Crippen LogP contribution in [0.5, 0.6) is 0 Å². The number of hydrogen-bond acceptors (Lipinski definition) is 7. The zero-order chi connectivity index (χ0) is 18.1. The summed E-state index contributed by atoms with van der Waals surface area (Å²) >= 11 is 0. The second-order valence-electron chi connectivity index (χ2n) is 5.71. The molecule has 4 rings (SSSR count). The van der Waals surface area contributed by atoms with Crippen LogP contribution in [-0.4, -0.2) is 35.5 Å². The third-order valence-electron chi connectivity index (χ3n) is 4.11. The average Bonchev–Trinajstić information content (AvgIpc) is 3.40. The van der Waals surface area contributed by atoms with Gasteiger partial charge in [0.1, 0.15) is 0 Å². The van der Waals surface area contributed by atoms with Crippen molar-refractivity contribution >= 4 is 17.8 Å². The fourth-order valence-electron chi connectivity index (χ4n) is 2.87. The number of aromatic nitrogens is 2. The molecule has 0 atom stereocenters. The summed E-state index contributed by atoms with van der Waals surface area (Å²) in [5, 5.41) is 0. The summed E-state index contributed by atoms with van der Waals surface area (Å²) < 4.78 is 16.0. The number of ether oxygens (including phenoxy) is 1. The number of nitrogens with zero attached hydrogens (tertiary/aromatic N) is 3. The maximum atomic E-state index is 12.2. The van der Waals surface area contributed by atoms with Gasteiger partial charge in [0.05, 0.1) is 7.11 Å². The molecule has 0 radical (unpaired) electrons. The Balaban J connectivity index is 1.88. The molecular weight excluding hydrogens is 338 g/mol. The van der Waals surface area contributed by atoms with Gasteiger partial charge in [-0.2, -0.15) is 0 Å². The van der Waals surface area contributed by atoms with Gasteiger partial charge in [-0.05, 0) is 18.6 Å². The number of carbonyl (C=O) groups excluding carboxylic acids is 2. The largest absolute Gasteiger partial charge is 0.464 e. The van der Waals surface area contributed by atoms with Crippen LogP contribution < -0.4 is 4.90 Å². The Morgan fingerprint density at radius 1 is 1.27 bits per heavy atom. The van der Waals surface area contributed by atoms with E-state index >= 15 is 0 Å². The van der Waals surface area contributed by atoms with Crippen LogP contribution in [0, 0.1) is 0 Å². The first-order chi connectivity index (χ1) is 12.7. The van der Waals surface area contributed by atoms with Gasteiger partial charge in [-0.3, -0.25) is 9.69 Å². The number of hydrogen-bond donors (Lipinski definition) is 0. The first-order valence-corrected chi connectivity index (χ1v) is 8.08. The van der Waals surface area contributed by atoms with Crippen molar-refractivity contribution in [3.8, 4) is 22.9 Å². The van der Waals surface area contributed by atoms with Crippen molar-refractivity contribution in [2.45, 2.75) is 12.8 Å². The van der Waals surface area contributed by atoms with Crippen molar-refractivity contribution in [3.05, 3.63) is 42.4 Å². The molecule has 0 unspecified atom stereocenters. The predicted molar refractivity (Wildman–Crippen MR) is 90.4 cm³/mol. The Morgan fingerprint density at radius 3 is 2.77 bits per heavy atom. The Kier molecular flexibility index (Phi) is 4.00. The maximum Gasteiger partial charge on any atom is 0.360 e. The fraction of sp³-hybridized carbons (Fsp3) is 0.222. The lowest BCUT2D eigenvalue weighted by atomic mass is 10.2. The Hall–Kier alpha value is -3.42. The second-order valence-corrected chi connectivity index (χ2v) is 5.71. The highest BCUT2D eigenvalue weighted by atomic mass is 16.5. The van der Waals surface area contributed by atoms with Crippen LogP contribution >= 0.6 is 0 Å². The third kappa shape index (κ3) is 2.65. The van der Waals surface area contributed by atoms with Crippen LogP contribution in [0.4, 0.5) is 5.88 Å². The predicted octanol–water partition coefficient (Wildman–Crippen LogP) is 2.91. The zero-order valence-corrected chi connectivity index (χ0v) is 14.0. The summed E-state index contributed by atoms with van der Waals surface area (Å²) in [6, 6.07) is 9.27.